The first-order valence-electron chi connectivity index (χ1n) is 12.9. The molecule has 3 aromatic heterocycles. The monoisotopic (exact) mass is 548 g/mol. The number of nitrogens with one attached hydrogen (secondary N) is 2. The topological polar surface area (TPSA) is 69.7 Å². The average Bonchev–Trinajstić information content (AvgIpc) is 3.56. The highest BCUT2D eigenvalue weighted by Crippen LogP contribution is 2.35. The summed E-state index contributed by atoms with van der Waals surface area (Å²) in [6.45, 7) is 4.29. The number of aromatic nitrogens is 4. The zero-order valence-corrected chi connectivity index (χ0v) is 22.2. The maximum absolute atomic E-state index is 13.8. The van der Waals surface area contributed by atoms with Crippen LogP contribution in [0.15, 0.2) is 60.2 Å². The molecular weight excluding hydrogens is 521 g/mol. The van der Waals surface area contributed by atoms with Gasteiger partial charge in [0.15, 0.2) is 5.13 Å². The minimum Gasteiger partial charge on any atom is -0.338 e. The predicted octanol–water partition coefficient (Wildman–Crippen LogP) is 7.81. The number of thiazole rings is 1. The van der Waals surface area contributed by atoms with Crippen LogP contribution >= 0.6 is 11.3 Å². The van der Waals surface area contributed by atoms with Gasteiger partial charge in [-0.25, -0.2) is 9.97 Å². The van der Waals surface area contributed by atoms with E-state index in [1.807, 2.05) is 42.6 Å². The van der Waals surface area contributed by atoms with Gasteiger partial charge in [0.05, 0.1) is 22.3 Å². The number of pyridine rings is 1. The summed E-state index contributed by atoms with van der Waals surface area (Å²) < 4.78 is 41.4. The number of alkyl halides is 3. The molecule has 2 aromatic carbocycles. The van der Waals surface area contributed by atoms with E-state index in [0.29, 0.717) is 29.0 Å². The number of hydrogen-bond donors (Lipinski definition) is 2. The fraction of sp³-hybridized carbons (Fsp3) is 0.276. The molecule has 10 heteroatoms. The van der Waals surface area contributed by atoms with E-state index >= 15 is 0 Å². The number of aryl methyl sites for hydroxylation is 1. The van der Waals surface area contributed by atoms with Crippen LogP contribution in [-0.4, -0.2) is 37.9 Å². The van der Waals surface area contributed by atoms with Gasteiger partial charge in [-0.15, -0.1) is 11.3 Å². The van der Waals surface area contributed by atoms with Gasteiger partial charge in [0.2, 0.25) is 0 Å². The molecule has 0 atom stereocenters. The Bertz CT molecular complexity index is 1600. The summed E-state index contributed by atoms with van der Waals surface area (Å²) in [6.07, 6.45) is 2.39. The van der Waals surface area contributed by atoms with Crippen LogP contribution < -0.4 is 5.32 Å². The summed E-state index contributed by atoms with van der Waals surface area (Å²) in [7, 11) is 0. The lowest BCUT2D eigenvalue weighted by Gasteiger charge is -2.26. The molecule has 6 rings (SSSR count). The lowest BCUT2D eigenvalue weighted by atomic mass is 10.0. The Kier molecular flexibility index (Phi) is 6.82. The predicted molar refractivity (Wildman–Crippen MR) is 149 cm³/mol. The van der Waals surface area contributed by atoms with Gasteiger partial charge < -0.3 is 10.3 Å². The number of anilines is 2. The number of piperidine rings is 1. The second kappa shape index (κ2) is 10.4. The Balaban J connectivity index is 1.30. The minimum atomic E-state index is -4.44. The van der Waals surface area contributed by atoms with E-state index in [1.54, 1.807) is 12.4 Å². The van der Waals surface area contributed by atoms with Crippen molar-refractivity contribution < 1.29 is 13.2 Å². The summed E-state index contributed by atoms with van der Waals surface area (Å²) in [6, 6.07) is 11.9. The Morgan fingerprint density at radius 3 is 2.64 bits per heavy atom. The van der Waals surface area contributed by atoms with Crippen LogP contribution in [-0.2, 0) is 12.7 Å². The molecule has 1 fully saturated rings. The highest BCUT2D eigenvalue weighted by atomic mass is 32.1. The third kappa shape index (κ3) is 5.67. The van der Waals surface area contributed by atoms with Crippen molar-refractivity contribution in [2.75, 3.05) is 18.4 Å². The van der Waals surface area contributed by atoms with E-state index in [0.717, 1.165) is 59.1 Å². The molecule has 2 N–H and O–H groups in total. The number of halogens is 3. The van der Waals surface area contributed by atoms with Crippen molar-refractivity contribution in [1.29, 1.82) is 0 Å². The quantitative estimate of drug-likeness (QED) is 0.227. The van der Waals surface area contributed by atoms with E-state index in [-0.39, 0.29) is 0 Å². The van der Waals surface area contributed by atoms with Gasteiger partial charge in [0.25, 0.3) is 0 Å². The van der Waals surface area contributed by atoms with Crippen LogP contribution in [0.1, 0.15) is 36.0 Å². The van der Waals surface area contributed by atoms with Crippen molar-refractivity contribution in [3.8, 4) is 22.6 Å². The second-order valence-electron chi connectivity index (χ2n) is 9.93. The molecule has 4 heterocycles. The van der Waals surface area contributed by atoms with Crippen LogP contribution in [0.2, 0.25) is 0 Å². The van der Waals surface area contributed by atoms with Gasteiger partial charge in [-0.1, -0.05) is 6.42 Å². The Morgan fingerprint density at radius 2 is 1.87 bits per heavy atom. The number of imidazole rings is 1. The van der Waals surface area contributed by atoms with Gasteiger partial charge in [-0.2, -0.15) is 13.2 Å². The largest absolute Gasteiger partial charge is 0.416 e. The van der Waals surface area contributed by atoms with E-state index < -0.39 is 11.7 Å². The Labute approximate surface area is 228 Å². The van der Waals surface area contributed by atoms with Crippen molar-refractivity contribution in [1.82, 2.24) is 24.8 Å². The number of likely N-dealkylation sites (tertiary alicyclic amines) is 1. The van der Waals surface area contributed by atoms with Crippen LogP contribution in [0.25, 0.3) is 33.7 Å². The molecule has 0 saturated carbocycles. The summed E-state index contributed by atoms with van der Waals surface area (Å²) >= 11 is 1.49. The van der Waals surface area contributed by atoms with Gasteiger partial charge in [0, 0.05) is 41.1 Å². The summed E-state index contributed by atoms with van der Waals surface area (Å²) in [4.78, 5) is 19.0. The molecule has 1 aliphatic rings. The number of hydrogen-bond acceptors (Lipinski definition) is 6. The van der Waals surface area contributed by atoms with E-state index in [2.05, 4.69) is 30.2 Å². The maximum atomic E-state index is 13.8. The van der Waals surface area contributed by atoms with Gasteiger partial charge in [-0.3, -0.25) is 9.88 Å². The average molecular weight is 549 g/mol. The standard InChI is InChI=1S/C29H27F3N6S/c1-18-10-24-25(14-23(18)36-28-37-26(17-39-28)20-6-5-7-33-15-20)35-27(34-24)21-11-19(12-22(13-21)29(30,31)32)16-38-8-3-2-4-9-38/h5-7,10-15,17H,2-4,8-9,16H2,1H3,(H,34,35)(H,36,37). The van der Waals surface area contributed by atoms with Crippen LogP contribution in [0, 0.1) is 6.92 Å². The van der Waals surface area contributed by atoms with E-state index in [1.165, 1.54) is 29.9 Å². The lowest BCUT2D eigenvalue weighted by Crippen LogP contribution is -2.29. The molecule has 0 aliphatic carbocycles. The summed E-state index contributed by atoms with van der Waals surface area (Å²) in [5.74, 6) is 0.417. The van der Waals surface area contributed by atoms with Crippen molar-refractivity contribution in [2.45, 2.75) is 38.9 Å². The molecule has 0 radical (unpaired) electrons. The highest BCUT2D eigenvalue weighted by Gasteiger charge is 2.32. The van der Waals surface area contributed by atoms with Crippen LogP contribution in [0.3, 0.4) is 0 Å². The van der Waals surface area contributed by atoms with E-state index in [9.17, 15) is 13.2 Å². The lowest BCUT2D eigenvalue weighted by molar-refractivity contribution is -0.137. The van der Waals surface area contributed by atoms with Gasteiger partial charge in [0.1, 0.15) is 5.82 Å². The molecule has 200 valence electrons. The number of benzene rings is 2. The summed E-state index contributed by atoms with van der Waals surface area (Å²) in [5.41, 5.74) is 5.42. The van der Waals surface area contributed by atoms with Crippen molar-refractivity contribution in [3.63, 3.8) is 0 Å². The minimum absolute atomic E-state index is 0.417. The zero-order valence-electron chi connectivity index (χ0n) is 21.3. The highest BCUT2D eigenvalue weighted by molar-refractivity contribution is 7.14. The molecule has 6 nitrogen and oxygen atoms in total. The first kappa shape index (κ1) is 25.5. The molecule has 1 saturated heterocycles. The van der Waals surface area contributed by atoms with Crippen LogP contribution in [0.4, 0.5) is 24.0 Å². The fourth-order valence-electron chi connectivity index (χ4n) is 4.99. The molecule has 5 aromatic rings. The smallest absolute Gasteiger partial charge is 0.338 e. The van der Waals surface area contributed by atoms with Crippen LogP contribution in [0.5, 0.6) is 0 Å². The number of nitrogens with zero attached hydrogens (tertiary/aromatic N) is 4. The Morgan fingerprint density at radius 1 is 1.03 bits per heavy atom. The summed E-state index contributed by atoms with van der Waals surface area (Å²) in [5, 5.41) is 6.06. The number of H-pyrrole nitrogens is 1. The zero-order chi connectivity index (χ0) is 27.0. The number of fused-ring (bicyclic) bond motifs is 1. The number of rotatable bonds is 6. The SMILES string of the molecule is Cc1cc2[nH]c(-c3cc(CN4CCCCC4)cc(C(F)(F)F)c3)nc2cc1Nc1nc(-c2cccnc2)cs1. The van der Waals surface area contributed by atoms with Gasteiger partial charge in [-0.05, 0) is 86.4 Å². The van der Waals surface area contributed by atoms with Crippen molar-refractivity contribution in [2.24, 2.45) is 0 Å². The second-order valence-corrected chi connectivity index (χ2v) is 10.8. The fourth-order valence-corrected chi connectivity index (χ4v) is 5.72. The molecule has 39 heavy (non-hydrogen) atoms. The molecule has 0 spiro atoms. The molecule has 1 aliphatic heterocycles. The molecular formula is C29H27F3N6S. The molecule has 0 amide bonds. The van der Waals surface area contributed by atoms with Crippen molar-refractivity contribution in [3.05, 3.63) is 76.9 Å². The van der Waals surface area contributed by atoms with Gasteiger partial charge >= 0.3 is 6.18 Å². The van der Waals surface area contributed by atoms with E-state index in [4.69, 9.17) is 0 Å². The number of aromatic amines is 1. The first-order chi connectivity index (χ1) is 18.8. The van der Waals surface area contributed by atoms with Crippen molar-refractivity contribution >= 4 is 33.2 Å². The maximum Gasteiger partial charge on any atom is 0.416 e. The molecule has 0 bridgehead atoms. The first-order valence-corrected chi connectivity index (χ1v) is 13.8. The third-order valence-corrected chi connectivity index (χ3v) is 7.74. The molecule has 0 unspecified atom stereocenters. The normalized spacial score (nSPS) is 14.7. The Hall–Kier alpha value is -3.76. The third-order valence-electron chi connectivity index (χ3n) is 6.98.